The molecular weight excluding hydrogens is 452 g/mol. The summed E-state index contributed by atoms with van der Waals surface area (Å²) in [6.07, 6.45) is 2.23. The molecular formula is C26H32N2O7. The summed E-state index contributed by atoms with van der Waals surface area (Å²) in [6.45, 7) is 8.60. The van der Waals surface area contributed by atoms with Gasteiger partial charge in [-0.3, -0.25) is 14.5 Å². The predicted octanol–water partition coefficient (Wildman–Crippen LogP) is 3.38. The van der Waals surface area contributed by atoms with Crippen LogP contribution in [0, 0.1) is 0 Å². The first-order valence-corrected chi connectivity index (χ1v) is 12.1. The number of benzene rings is 1. The second-order valence-corrected chi connectivity index (χ2v) is 8.41. The molecule has 0 spiro atoms. The zero-order valence-electron chi connectivity index (χ0n) is 20.2. The number of nitrogens with zero attached hydrogens (tertiary/aromatic N) is 2. The Morgan fingerprint density at radius 2 is 1.91 bits per heavy atom. The van der Waals surface area contributed by atoms with Crippen LogP contribution < -0.4 is 9.47 Å². The maximum atomic E-state index is 13.3. The van der Waals surface area contributed by atoms with Crippen LogP contribution >= 0.6 is 0 Å². The van der Waals surface area contributed by atoms with Crippen LogP contribution in [-0.4, -0.2) is 79.2 Å². The van der Waals surface area contributed by atoms with E-state index in [0.29, 0.717) is 56.6 Å². The summed E-state index contributed by atoms with van der Waals surface area (Å²) in [4.78, 5) is 30.3. The number of furan rings is 1. The van der Waals surface area contributed by atoms with Gasteiger partial charge >= 0.3 is 0 Å². The molecule has 35 heavy (non-hydrogen) atoms. The normalized spacial score (nSPS) is 18.9. The lowest BCUT2D eigenvalue weighted by atomic mass is 9.94. The third-order valence-electron chi connectivity index (χ3n) is 6.10. The van der Waals surface area contributed by atoms with Gasteiger partial charge < -0.3 is 28.6 Å². The molecule has 4 rings (SSSR count). The minimum Gasteiger partial charge on any atom is -0.503 e. The highest BCUT2D eigenvalue weighted by atomic mass is 16.5. The van der Waals surface area contributed by atoms with Gasteiger partial charge in [0.25, 0.3) is 5.91 Å². The molecule has 2 aromatic rings. The molecule has 9 nitrogen and oxygen atoms in total. The third-order valence-corrected chi connectivity index (χ3v) is 6.10. The summed E-state index contributed by atoms with van der Waals surface area (Å²) in [6, 6.07) is 7.70. The number of morpholine rings is 1. The first-order valence-electron chi connectivity index (χ1n) is 12.1. The van der Waals surface area contributed by atoms with Crippen molar-refractivity contribution in [3.63, 3.8) is 0 Å². The molecule has 1 atom stereocenters. The number of rotatable bonds is 11. The van der Waals surface area contributed by atoms with Crippen LogP contribution in [0.2, 0.25) is 0 Å². The maximum Gasteiger partial charge on any atom is 0.290 e. The molecule has 1 aromatic carbocycles. The van der Waals surface area contributed by atoms with Crippen molar-refractivity contribution in [2.45, 2.75) is 26.3 Å². The number of aliphatic hydroxyl groups is 1. The van der Waals surface area contributed by atoms with Crippen LogP contribution in [0.15, 0.2) is 52.3 Å². The fraction of sp³-hybridized carbons (Fsp3) is 0.462. The highest BCUT2D eigenvalue weighted by Gasteiger charge is 2.44. The van der Waals surface area contributed by atoms with Gasteiger partial charge in [-0.15, -0.1) is 0 Å². The van der Waals surface area contributed by atoms with Gasteiger partial charge in [0.2, 0.25) is 5.78 Å². The van der Waals surface area contributed by atoms with E-state index >= 15 is 0 Å². The zero-order valence-corrected chi connectivity index (χ0v) is 20.2. The molecule has 1 fully saturated rings. The van der Waals surface area contributed by atoms with Crippen molar-refractivity contribution in [1.29, 1.82) is 0 Å². The minimum absolute atomic E-state index is 0.00315. The number of Topliss-reactive ketones (excluding diaryl/α,β-unsaturated/α-hetero) is 1. The van der Waals surface area contributed by atoms with Crippen LogP contribution in [-0.2, 0) is 9.53 Å². The van der Waals surface area contributed by atoms with E-state index in [-0.39, 0.29) is 11.3 Å². The Hall–Kier alpha value is -3.30. The van der Waals surface area contributed by atoms with Crippen LogP contribution in [0.4, 0.5) is 0 Å². The number of carbonyl (C=O) groups excluding carboxylic acids is 2. The molecule has 188 valence electrons. The topological polar surface area (TPSA) is 102 Å². The van der Waals surface area contributed by atoms with Gasteiger partial charge in [-0.1, -0.05) is 13.0 Å². The van der Waals surface area contributed by atoms with Crippen molar-refractivity contribution in [1.82, 2.24) is 9.80 Å². The van der Waals surface area contributed by atoms with Crippen molar-refractivity contribution in [3.05, 3.63) is 59.3 Å². The molecule has 1 amide bonds. The van der Waals surface area contributed by atoms with Crippen LogP contribution in [0.1, 0.15) is 42.4 Å². The molecule has 1 aromatic heterocycles. The Morgan fingerprint density at radius 1 is 1.11 bits per heavy atom. The quantitative estimate of drug-likeness (QED) is 0.485. The van der Waals surface area contributed by atoms with Gasteiger partial charge in [0, 0.05) is 26.2 Å². The average Bonchev–Trinajstić information content (AvgIpc) is 3.50. The Labute approximate surface area is 204 Å². The Kier molecular flexibility index (Phi) is 8.09. The molecule has 3 heterocycles. The van der Waals surface area contributed by atoms with E-state index in [0.717, 1.165) is 19.5 Å². The van der Waals surface area contributed by atoms with Crippen LogP contribution in [0.5, 0.6) is 11.5 Å². The van der Waals surface area contributed by atoms with Crippen molar-refractivity contribution >= 4 is 11.7 Å². The molecule has 2 aliphatic rings. The first kappa shape index (κ1) is 24.8. The van der Waals surface area contributed by atoms with Gasteiger partial charge in [0.1, 0.15) is 0 Å². The van der Waals surface area contributed by atoms with Gasteiger partial charge in [0.15, 0.2) is 23.0 Å². The fourth-order valence-electron chi connectivity index (χ4n) is 4.37. The van der Waals surface area contributed by atoms with Gasteiger partial charge in [-0.25, -0.2) is 0 Å². The van der Waals surface area contributed by atoms with E-state index in [1.165, 1.54) is 12.3 Å². The zero-order chi connectivity index (χ0) is 24.8. The monoisotopic (exact) mass is 484 g/mol. The number of amides is 1. The number of hydrogen-bond acceptors (Lipinski definition) is 8. The Balaban J connectivity index is 1.70. The van der Waals surface area contributed by atoms with E-state index in [2.05, 4.69) is 4.90 Å². The van der Waals surface area contributed by atoms with Gasteiger partial charge in [-0.05, 0) is 43.2 Å². The molecule has 2 aliphatic heterocycles. The van der Waals surface area contributed by atoms with Crippen LogP contribution in [0.25, 0.3) is 0 Å². The molecule has 1 unspecified atom stereocenters. The summed E-state index contributed by atoms with van der Waals surface area (Å²) < 4.78 is 22.3. The smallest absolute Gasteiger partial charge is 0.290 e. The largest absolute Gasteiger partial charge is 0.503 e. The molecule has 0 bridgehead atoms. The van der Waals surface area contributed by atoms with Crippen molar-refractivity contribution in [2.24, 2.45) is 0 Å². The van der Waals surface area contributed by atoms with E-state index in [4.69, 9.17) is 18.6 Å². The number of ketones is 1. The number of carbonyl (C=O) groups is 2. The summed E-state index contributed by atoms with van der Waals surface area (Å²) in [7, 11) is 0. The number of hydrogen-bond donors (Lipinski definition) is 1. The van der Waals surface area contributed by atoms with Crippen molar-refractivity contribution in [3.8, 4) is 11.5 Å². The highest BCUT2D eigenvalue weighted by molar-refractivity contribution is 6.15. The van der Waals surface area contributed by atoms with E-state index in [9.17, 15) is 14.7 Å². The molecule has 1 N–H and O–H groups in total. The van der Waals surface area contributed by atoms with Crippen molar-refractivity contribution in [2.75, 3.05) is 52.6 Å². The Morgan fingerprint density at radius 3 is 2.60 bits per heavy atom. The molecule has 1 saturated heterocycles. The lowest BCUT2D eigenvalue weighted by molar-refractivity contribution is -0.129. The molecule has 0 saturated carbocycles. The second kappa shape index (κ2) is 11.4. The molecule has 0 aliphatic carbocycles. The maximum absolute atomic E-state index is 13.3. The summed E-state index contributed by atoms with van der Waals surface area (Å²) in [5.74, 6) is -0.481. The lowest BCUT2D eigenvalue weighted by Gasteiger charge is -2.31. The van der Waals surface area contributed by atoms with Gasteiger partial charge in [0.05, 0.1) is 44.3 Å². The van der Waals surface area contributed by atoms with Gasteiger partial charge in [-0.2, -0.15) is 0 Å². The Bertz CT molecular complexity index is 1060. The molecule has 0 radical (unpaired) electrons. The predicted molar refractivity (Wildman–Crippen MR) is 128 cm³/mol. The third kappa shape index (κ3) is 5.36. The first-order chi connectivity index (χ1) is 17.0. The fourth-order valence-corrected chi connectivity index (χ4v) is 4.37. The van der Waals surface area contributed by atoms with E-state index < -0.39 is 23.5 Å². The summed E-state index contributed by atoms with van der Waals surface area (Å²) >= 11 is 0. The standard InChI is InChI=1S/C26H32N2O7/c1-3-13-34-19-8-7-18(17-21(19)33-4-2)23-22(24(29)20-6-5-14-35-20)25(30)26(31)28(23)10-9-27-11-15-32-16-12-27/h5-8,14,17,23,30H,3-4,9-13,15-16H2,1-2H3. The highest BCUT2D eigenvalue weighted by Crippen LogP contribution is 2.41. The number of ether oxygens (including phenoxy) is 3. The second-order valence-electron chi connectivity index (χ2n) is 8.41. The summed E-state index contributed by atoms with van der Waals surface area (Å²) in [5.41, 5.74) is 0.642. The lowest BCUT2D eigenvalue weighted by Crippen LogP contribution is -2.43. The van der Waals surface area contributed by atoms with E-state index in [1.807, 2.05) is 13.8 Å². The average molecular weight is 485 g/mol. The minimum atomic E-state index is -0.791. The molecule has 9 heteroatoms. The van der Waals surface area contributed by atoms with Crippen LogP contribution in [0.3, 0.4) is 0 Å². The number of aliphatic hydroxyl groups excluding tert-OH is 1. The SMILES string of the molecule is CCCOc1ccc(C2C(C(=O)c3ccco3)=C(O)C(=O)N2CCN2CCOCC2)cc1OCC. The van der Waals surface area contributed by atoms with Crippen molar-refractivity contribution < 1.29 is 33.3 Å². The van der Waals surface area contributed by atoms with E-state index in [1.54, 1.807) is 29.2 Å². The summed E-state index contributed by atoms with van der Waals surface area (Å²) in [5, 5.41) is 10.8.